The SMILES string of the molecule is CO[C@@H]1O[C@@H](CO)[C@@H](O[C@H]2CC(O)[C@H](O[C@@H]3O[C@@H](CO)CC(O)C3NC(C)=O)C(CO)O2)C(O)C1NC(C)=O. The van der Waals surface area contributed by atoms with Crippen LogP contribution < -0.4 is 10.6 Å². The van der Waals surface area contributed by atoms with Crippen molar-refractivity contribution >= 4 is 11.8 Å². The zero-order valence-corrected chi connectivity index (χ0v) is 22.0. The summed E-state index contributed by atoms with van der Waals surface area (Å²) >= 11 is 0. The number of nitrogens with one attached hydrogen (secondary N) is 2. The summed E-state index contributed by atoms with van der Waals surface area (Å²) in [6.45, 7) is 0.852. The molecule has 3 fully saturated rings. The first-order valence-electron chi connectivity index (χ1n) is 12.7. The molecule has 0 aromatic carbocycles. The molecule has 3 rings (SSSR count). The van der Waals surface area contributed by atoms with E-state index < -0.39 is 111 Å². The molecule has 2 amide bonds. The van der Waals surface area contributed by atoms with Crippen molar-refractivity contribution in [2.24, 2.45) is 0 Å². The highest BCUT2D eigenvalue weighted by molar-refractivity contribution is 5.73. The van der Waals surface area contributed by atoms with Gasteiger partial charge in [0.15, 0.2) is 18.9 Å². The van der Waals surface area contributed by atoms with Gasteiger partial charge in [0.1, 0.15) is 42.6 Å². The van der Waals surface area contributed by atoms with E-state index >= 15 is 0 Å². The van der Waals surface area contributed by atoms with E-state index in [1.54, 1.807) is 0 Å². The van der Waals surface area contributed by atoms with Crippen LogP contribution in [0.2, 0.25) is 0 Å². The van der Waals surface area contributed by atoms with Crippen molar-refractivity contribution in [3.63, 3.8) is 0 Å². The molecule has 0 saturated carbocycles. The molecule has 3 aliphatic heterocycles. The van der Waals surface area contributed by atoms with Crippen molar-refractivity contribution in [1.29, 1.82) is 0 Å². The molecule has 0 bridgehead atoms. The predicted octanol–water partition coefficient (Wildman–Crippen LogP) is -4.57. The first kappa shape index (κ1) is 32.0. The second kappa shape index (κ2) is 14.4. The highest BCUT2D eigenvalue weighted by Crippen LogP contribution is 2.32. The molecule has 39 heavy (non-hydrogen) atoms. The average Bonchev–Trinajstić information content (AvgIpc) is 2.89. The number of carbonyl (C=O) groups is 2. The maximum absolute atomic E-state index is 11.7. The van der Waals surface area contributed by atoms with Crippen molar-refractivity contribution in [1.82, 2.24) is 10.6 Å². The first-order chi connectivity index (χ1) is 18.5. The van der Waals surface area contributed by atoms with Crippen LogP contribution in [0.25, 0.3) is 0 Å². The van der Waals surface area contributed by atoms with Gasteiger partial charge in [-0.15, -0.1) is 0 Å². The summed E-state index contributed by atoms with van der Waals surface area (Å²) in [5.74, 6) is -0.932. The van der Waals surface area contributed by atoms with E-state index in [2.05, 4.69) is 10.6 Å². The minimum Gasteiger partial charge on any atom is -0.394 e. The second-order valence-corrected chi connectivity index (χ2v) is 9.81. The Morgan fingerprint density at radius 3 is 1.95 bits per heavy atom. The molecule has 6 unspecified atom stereocenters. The van der Waals surface area contributed by atoms with E-state index in [1.807, 2.05) is 0 Å². The average molecular weight is 569 g/mol. The summed E-state index contributed by atoms with van der Waals surface area (Å²) in [5.41, 5.74) is 0. The summed E-state index contributed by atoms with van der Waals surface area (Å²) in [6, 6.07) is -2.07. The highest BCUT2D eigenvalue weighted by Gasteiger charge is 2.50. The fourth-order valence-electron chi connectivity index (χ4n) is 5.04. The predicted molar refractivity (Wildman–Crippen MR) is 126 cm³/mol. The Morgan fingerprint density at radius 1 is 0.769 bits per heavy atom. The van der Waals surface area contributed by atoms with Crippen LogP contribution in [0.1, 0.15) is 26.7 Å². The number of hydrogen-bond acceptors (Lipinski definition) is 14. The molecule has 0 aromatic heterocycles. The zero-order chi connectivity index (χ0) is 28.9. The summed E-state index contributed by atoms with van der Waals surface area (Å²) in [7, 11) is 1.31. The van der Waals surface area contributed by atoms with E-state index in [0.717, 1.165) is 0 Å². The third-order valence-electron chi connectivity index (χ3n) is 6.85. The van der Waals surface area contributed by atoms with E-state index in [0.29, 0.717) is 0 Å². The number of aliphatic hydroxyl groups excluding tert-OH is 6. The molecule has 13 atom stereocenters. The normalized spacial score (nSPS) is 43.1. The zero-order valence-electron chi connectivity index (χ0n) is 22.0. The van der Waals surface area contributed by atoms with Crippen LogP contribution in [0.3, 0.4) is 0 Å². The van der Waals surface area contributed by atoms with Gasteiger partial charge in [-0.3, -0.25) is 9.59 Å². The smallest absolute Gasteiger partial charge is 0.217 e. The lowest BCUT2D eigenvalue weighted by molar-refractivity contribution is -0.342. The maximum atomic E-state index is 11.7. The van der Waals surface area contributed by atoms with Gasteiger partial charge in [-0.2, -0.15) is 0 Å². The van der Waals surface area contributed by atoms with Crippen LogP contribution in [0.5, 0.6) is 0 Å². The minimum absolute atomic E-state index is 0.0333. The summed E-state index contributed by atoms with van der Waals surface area (Å²) in [6.07, 6.45) is -13.1. The molecule has 3 aliphatic rings. The fraction of sp³-hybridized carbons (Fsp3) is 0.913. The first-order valence-corrected chi connectivity index (χ1v) is 12.7. The molecule has 3 saturated heterocycles. The molecule has 3 heterocycles. The largest absolute Gasteiger partial charge is 0.394 e. The minimum atomic E-state index is -1.40. The van der Waals surface area contributed by atoms with Gasteiger partial charge in [0, 0.05) is 33.8 Å². The molecule has 0 aliphatic carbocycles. The fourth-order valence-corrected chi connectivity index (χ4v) is 5.04. The molecular formula is C23H40N2O14. The molecule has 0 radical (unpaired) electrons. The van der Waals surface area contributed by atoms with Crippen molar-refractivity contribution in [2.45, 2.75) is 106 Å². The third-order valence-corrected chi connectivity index (χ3v) is 6.85. The van der Waals surface area contributed by atoms with E-state index in [9.17, 15) is 40.2 Å². The molecule has 0 spiro atoms. The molecule has 16 heteroatoms. The van der Waals surface area contributed by atoms with Crippen LogP contribution in [0.15, 0.2) is 0 Å². The second-order valence-electron chi connectivity index (χ2n) is 9.81. The number of aliphatic hydroxyl groups is 6. The summed E-state index contributed by atoms with van der Waals surface area (Å²) in [4.78, 5) is 23.3. The lowest BCUT2D eigenvalue weighted by Crippen LogP contribution is -2.66. The van der Waals surface area contributed by atoms with Crippen LogP contribution in [-0.4, -0.2) is 149 Å². The number of methoxy groups -OCH3 is 1. The van der Waals surface area contributed by atoms with Gasteiger partial charge in [0.2, 0.25) is 11.8 Å². The molecular weight excluding hydrogens is 528 g/mol. The van der Waals surface area contributed by atoms with Gasteiger partial charge in [-0.1, -0.05) is 0 Å². The Hall–Kier alpha value is -1.54. The Balaban J connectivity index is 1.72. The van der Waals surface area contributed by atoms with Crippen molar-refractivity contribution in [3.05, 3.63) is 0 Å². The van der Waals surface area contributed by atoms with Crippen LogP contribution >= 0.6 is 0 Å². The van der Waals surface area contributed by atoms with Crippen LogP contribution in [-0.2, 0) is 38.0 Å². The van der Waals surface area contributed by atoms with Gasteiger partial charge in [-0.25, -0.2) is 0 Å². The Bertz CT molecular complexity index is 807. The van der Waals surface area contributed by atoms with Gasteiger partial charge >= 0.3 is 0 Å². The third kappa shape index (κ3) is 7.81. The Morgan fingerprint density at radius 2 is 1.38 bits per heavy atom. The van der Waals surface area contributed by atoms with E-state index in [1.165, 1.54) is 21.0 Å². The lowest BCUT2D eigenvalue weighted by atomic mass is 9.96. The van der Waals surface area contributed by atoms with Crippen LogP contribution in [0.4, 0.5) is 0 Å². The number of carbonyl (C=O) groups excluding carboxylic acids is 2. The van der Waals surface area contributed by atoms with Crippen molar-refractivity contribution < 1.29 is 68.6 Å². The standard InChI is InChI=1S/C23H40N2O14/c1-9(29)24-17-12(31)4-11(6-26)35-23(17)39-20-13(32)5-16(36-14(20)7-27)38-21-15(8-28)37-22(34-3)18(19(21)33)25-10(2)30/h11-23,26-28,31-33H,4-8H2,1-3H3,(H,24,29)(H,25,30)/t11-,12?,13?,14?,15+,16+,17?,18?,19?,20+,21-,22-,23+/m1/s1. The van der Waals surface area contributed by atoms with Gasteiger partial charge in [0.25, 0.3) is 0 Å². The maximum Gasteiger partial charge on any atom is 0.217 e. The molecule has 0 aromatic rings. The number of rotatable bonds is 10. The monoisotopic (exact) mass is 568 g/mol. The topological polar surface area (TPSA) is 235 Å². The molecule has 16 nitrogen and oxygen atoms in total. The van der Waals surface area contributed by atoms with E-state index in [4.69, 9.17) is 28.4 Å². The Kier molecular flexibility index (Phi) is 11.8. The van der Waals surface area contributed by atoms with Crippen molar-refractivity contribution in [3.8, 4) is 0 Å². The van der Waals surface area contributed by atoms with Crippen LogP contribution in [0, 0.1) is 0 Å². The number of hydrogen-bond donors (Lipinski definition) is 8. The van der Waals surface area contributed by atoms with Gasteiger partial charge in [0.05, 0.1) is 38.1 Å². The number of amides is 2. The Labute approximate surface area is 225 Å². The molecule has 8 N–H and O–H groups in total. The summed E-state index contributed by atoms with van der Waals surface area (Å²) in [5, 5.41) is 66.7. The van der Waals surface area contributed by atoms with E-state index in [-0.39, 0.29) is 12.8 Å². The number of ether oxygens (including phenoxy) is 6. The van der Waals surface area contributed by atoms with Crippen molar-refractivity contribution in [2.75, 3.05) is 26.9 Å². The lowest BCUT2D eigenvalue weighted by Gasteiger charge is -2.47. The quantitative estimate of drug-likeness (QED) is 0.124. The molecule has 226 valence electrons. The summed E-state index contributed by atoms with van der Waals surface area (Å²) < 4.78 is 34.0. The van der Waals surface area contributed by atoms with Gasteiger partial charge < -0.3 is 69.7 Å². The highest BCUT2D eigenvalue weighted by atomic mass is 16.7. The van der Waals surface area contributed by atoms with Gasteiger partial charge in [-0.05, 0) is 0 Å².